The van der Waals surface area contributed by atoms with Gasteiger partial charge in [-0.15, -0.1) is 0 Å². The van der Waals surface area contributed by atoms with Crippen LogP contribution in [0.1, 0.15) is 32.4 Å². The van der Waals surface area contributed by atoms with E-state index in [1.807, 2.05) is 0 Å². The molecule has 0 aromatic heterocycles. The number of nitrogens with one attached hydrogen (secondary N) is 1. The Bertz CT molecular complexity index is 458. The van der Waals surface area contributed by atoms with Gasteiger partial charge in [0.05, 0.1) is 22.7 Å². The molecule has 1 aromatic carbocycles. The SMILES string of the molecule is CC(C)(C)OC(=O)N[C@H](CO)c1ccc(Cl)c(Cl)c1. The highest BCUT2D eigenvalue weighted by Gasteiger charge is 2.20. The van der Waals surface area contributed by atoms with E-state index in [9.17, 15) is 9.90 Å². The number of benzene rings is 1. The van der Waals surface area contributed by atoms with Gasteiger partial charge in [-0.2, -0.15) is 0 Å². The number of aliphatic hydroxyl groups is 1. The molecule has 2 N–H and O–H groups in total. The Hall–Kier alpha value is -0.970. The Balaban J connectivity index is 2.78. The monoisotopic (exact) mass is 305 g/mol. The first-order chi connectivity index (χ1) is 8.73. The Morgan fingerprint density at radius 2 is 2.00 bits per heavy atom. The summed E-state index contributed by atoms with van der Waals surface area (Å²) in [6.45, 7) is 5.02. The van der Waals surface area contributed by atoms with Crippen molar-refractivity contribution in [2.24, 2.45) is 0 Å². The van der Waals surface area contributed by atoms with Crippen LogP contribution >= 0.6 is 23.2 Å². The van der Waals surface area contributed by atoms with Gasteiger partial charge in [-0.3, -0.25) is 0 Å². The fourth-order valence-electron chi connectivity index (χ4n) is 1.41. The molecule has 0 aliphatic heterocycles. The third kappa shape index (κ3) is 5.27. The molecule has 0 bridgehead atoms. The van der Waals surface area contributed by atoms with Crippen LogP contribution in [0.25, 0.3) is 0 Å². The first-order valence-corrected chi connectivity index (χ1v) is 6.54. The minimum absolute atomic E-state index is 0.267. The van der Waals surface area contributed by atoms with Crippen LogP contribution in [0.5, 0.6) is 0 Å². The predicted molar refractivity (Wildman–Crippen MR) is 75.7 cm³/mol. The Morgan fingerprint density at radius 1 is 1.37 bits per heavy atom. The lowest BCUT2D eigenvalue weighted by atomic mass is 10.1. The zero-order valence-electron chi connectivity index (χ0n) is 11.0. The smallest absolute Gasteiger partial charge is 0.408 e. The van der Waals surface area contributed by atoms with Gasteiger partial charge in [-0.05, 0) is 38.5 Å². The summed E-state index contributed by atoms with van der Waals surface area (Å²) >= 11 is 11.7. The molecule has 4 nitrogen and oxygen atoms in total. The molecular formula is C13H17Cl2NO3. The van der Waals surface area contributed by atoms with Crippen molar-refractivity contribution in [2.45, 2.75) is 32.4 Å². The van der Waals surface area contributed by atoms with Crippen molar-refractivity contribution >= 4 is 29.3 Å². The van der Waals surface area contributed by atoms with E-state index in [1.54, 1.807) is 39.0 Å². The molecule has 0 aliphatic carbocycles. The molecule has 6 heteroatoms. The maximum Gasteiger partial charge on any atom is 0.408 e. The molecule has 1 aromatic rings. The van der Waals surface area contributed by atoms with Gasteiger partial charge in [0.25, 0.3) is 0 Å². The molecule has 0 saturated carbocycles. The minimum Gasteiger partial charge on any atom is -0.444 e. The van der Waals surface area contributed by atoms with E-state index in [2.05, 4.69) is 5.32 Å². The molecule has 1 atom stereocenters. The van der Waals surface area contributed by atoms with Crippen LogP contribution in [-0.4, -0.2) is 23.4 Å². The summed E-state index contributed by atoms with van der Waals surface area (Å²) in [7, 11) is 0. The lowest BCUT2D eigenvalue weighted by molar-refractivity contribution is 0.0482. The van der Waals surface area contributed by atoms with Crippen molar-refractivity contribution in [3.05, 3.63) is 33.8 Å². The number of alkyl carbamates (subject to hydrolysis) is 1. The van der Waals surface area contributed by atoms with Crippen molar-refractivity contribution in [3.63, 3.8) is 0 Å². The third-order valence-electron chi connectivity index (χ3n) is 2.22. The fraction of sp³-hybridized carbons (Fsp3) is 0.462. The molecule has 19 heavy (non-hydrogen) atoms. The zero-order chi connectivity index (χ0) is 14.6. The standard InChI is InChI=1S/C13H17Cl2NO3/c1-13(2,3)19-12(18)16-11(7-17)8-4-5-9(14)10(15)6-8/h4-6,11,17H,7H2,1-3H3,(H,16,18)/t11-/m1/s1. The first kappa shape index (κ1) is 16.1. The van der Waals surface area contributed by atoms with Gasteiger partial charge in [0.15, 0.2) is 0 Å². The lowest BCUT2D eigenvalue weighted by Gasteiger charge is -2.23. The molecule has 1 amide bonds. The quantitative estimate of drug-likeness (QED) is 0.898. The number of carbonyl (C=O) groups is 1. The van der Waals surface area contributed by atoms with E-state index < -0.39 is 17.7 Å². The molecular weight excluding hydrogens is 289 g/mol. The molecule has 1 rings (SSSR count). The summed E-state index contributed by atoms with van der Waals surface area (Å²) in [6.07, 6.45) is -0.599. The van der Waals surface area contributed by atoms with Crippen LogP contribution in [-0.2, 0) is 4.74 Å². The number of hydrogen-bond donors (Lipinski definition) is 2. The maximum absolute atomic E-state index is 11.6. The van der Waals surface area contributed by atoms with Gasteiger partial charge < -0.3 is 15.2 Å². The van der Waals surface area contributed by atoms with Crippen LogP contribution < -0.4 is 5.32 Å². The van der Waals surface area contributed by atoms with E-state index in [1.165, 1.54) is 0 Å². The second-order valence-electron chi connectivity index (χ2n) is 5.05. The van der Waals surface area contributed by atoms with Crippen molar-refractivity contribution in [1.82, 2.24) is 5.32 Å². The van der Waals surface area contributed by atoms with Gasteiger partial charge in [0.1, 0.15) is 5.60 Å². The average Bonchev–Trinajstić information content (AvgIpc) is 2.27. The van der Waals surface area contributed by atoms with Crippen molar-refractivity contribution in [3.8, 4) is 0 Å². The predicted octanol–water partition coefficient (Wildman–Crippen LogP) is 3.55. The highest BCUT2D eigenvalue weighted by atomic mass is 35.5. The lowest BCUT2D eigenvalue weighted by Crippen LogP contribution is -2.36. The maximum atomic E-state index is 11.6. The molecule has 0 saturated heterocycles. The zero-order valence-corrected chi connectivity index (χ0v) is 12.5. The summed E-state index contributed by atoms with van der Waals surface area (Å²) < 4.78 is 5.13. The highest BCUT2D eigenvalue weighted by molar-refractivity contribution is 6.42. The van der Waals surface area contributed by atoms with E-state index >= 15 is 0 Å². The highest BCUT2D eigenvalue weighted by Crippen LogP contribution is 2.25. The number of carbonyl (C=O) groups excluding carboxylic acids is 1. The van der Waals surface area contributed by atoms with Crippen LogP contribution in [0.3, 0.4) is 0 Å². The number of aliphatic hydroxyl groups excluding tert-OH is 1. The minimum atomic E-state index is -0.599. The van der Waals surface area contributed by atoms with Gasteiger partial charge >= 0.3 is 6.09 Å². The third-order valence-corrected chi connectivity index (χ3v) is 2.96. The molecule has 106 valence electrons. The number of halogens is 2. The largest absolute Gasteiger partial charge is 0.444 e. The summed E-state index contributed by atoms with van der Waals surface area (Å²) in [6, 6.07) is 4.30. The van der Waals surface area contributed by atoms with Crippen molar-refractivity contribution < 1.29 is 14.6 Å². The van der Waals surface area contributed by atoms with Crippen LogP contribution in [0, 0.1) is 0 Å². The molecule has 0 fully saturated rings. The van der Waals surface area contributed by atoms with Crippen LogP contribution in [0.2, 0.25) is 10.0 Å². The van der Waals surface area contributed by atoms with Gasteiger partial charge in [-0.1, -0.05) is 29.3 Å². The number of amides is 1. The van der Waals surface area contributed by atoms with Gasteiger partial charge in [-0.25, -0.2) is 4.79 Å². The topological polar surface area (TPSA) is 58.6 Å². The molecule has 0 spiro atoms. The van der Waals surface area contributed by atoms with E-state index in [0.717, 1.165) is 0 Å². The average molecular weight is 306 g/mol. The molecule has 0 radical (unpaired) electrons. The Labute approximate surface area is 122 Å². The number of rotatable bonds is 3. The molecule has 0 aliphatic rings. The van der Waals surface area contributed by atoms with E-state index in [0.29, 0.717) is 15.6 Å². The summed E-state index contributed by atoms with van der Waals surface area (Å²) in [5.74, 6) is 0. The first-order valence-electron chi connectivity index (χ1n) is 5.78. The number of ether oxygens (including phenoxy) is 1. The van der Waals surface area contributed by atoms with E-state index in [4.69, 9.17) is 27.9 Å². The molecule has 0 heterocycles. The van der Waals surface area contributed by atoms with E-state index in [-0.39, 0.29) is 6.61 Å². The van der Waals surface area contributed by atoms with Gasteiger partial charge in [0, 0.05) is 0 Å². The molecule has 0 unspecified atom stereocenters. The Morgan fingerprint density at radius 3 is 2.47 bits per heavy atom. The normalized spacial score (nSPS) is 12.9. The van der Waals surface area contributed by atoms with Crippen molar-refractivity contribution in [2.75, 3.05) is 6.61 Å². The van der Waals surface area contributed by atoms with Crippen LogP contribution in [0.4, 0.5) is 4.79 Å². The summed E-state index contributed by atoms with van der Waals surface area (Å²) in [4.78, 5) is 11.6. The summed E-state index contributed by atoms with van der Waals surface area (Å²) in [5, 5.41) is 12.7. The van der Waals surface area contributed by atoms with Crippen LogP contribution in [0.15, 0.2) is 18.2 Å². The second kappa shape index (κ2) is 6.46. The summed E-state index contributed by atoms with van der Waals surface area (Å²) in [5.41, 5.74) is 0.0598. The van der Waals surface area contributed by atoms with Gasteiger partial charge in [0.2, 0.25) is 0 Å². The van der Waals surface area contributed by atoms with Crippen molar-refractivity contribution in [1.29, 1.82) is 0 Å². The number of hydrogen-bond acceptors (Lipinski definition) is 3. The fourth-order valence-corrected chi connectivity index (χ4v) is 1.72. The Kier molecular flexibility index (Phi) is 5.47. The second-order valence-corrected chi connectivity index (χ2v) is 5.87.